The van der Waals surface area contributed by atoms with E-state index in [2.05, 4.69) is 20.1 Å². The van der Waals surface area contributed by atoms with Crippen molar-refractivity contribution in [1.29, 1.82) is 0 Å². The van der Waals surface area contributed by atoms with E-state index in [0.29, 0.717) is 11.8 Å². The first-order chi connectivity index (χ1) is 9.36. The molecular weight excluding hydrogens is 242 g/mol. The number of rotatable bonds is 3. The van der Waals surface area contributed by atoms with Gasteiger partial charge in [-0.1, -0.05) is 0 Å². The fourth-order valence-corrected chi connectivity index (χ4v) is 2.91. The van der Waals surface area contributed by atoms with E-state index in [1.165, 1.54) is 0 Å². The second-order valence-corrected chi connectivity index (χ2v) is 5.60. The highest BCUT2D eigenvalue weighted by Gasteiger charge is 2.24. The Morgan fingerprint density at radius 2 is 2.16 bits per heavy atom. The number of H-pyrrole nitrogens is 1. The molecule has 1 aromatic heterocycles. The number of aromatic amines is 1. The van der Waals surface area contributed by atoms with Gasteiger partial charge in [0.1, 0.15) is 5.82 Å². The Balaban J connectivity index is 1.61. The van der Waals surface area contributed by atoms with Crippen molar-refractivity contribution in [2.45, 2.75) is 31.6 Å². The Bertz CT molecular complexity index is 393. The number of hydrogen-bond donors (Lipinski definition) is 2. The molecule has 106 valence electrons. The maximum absolute atomic E-state index is 5.72. The quantitative estimate of drug-likeness (QED) is 0.848. The Hall–Kier alpha value is -1.14. The summed E-state index contributed by atoms with van der Waals surface area (Å²) in [5.74, 6) is 2.88. The van der Waals surface area contributed by atoms with Crippen LogP contribution in [0.5, 0.6) is 0 Å². The molecule has 6 nitrogen and oxygen atoms in total. The van der Waals surface area contributed by atoms with Gasteiger partial charge in [0.05, 0.1) is 6.61 Å². The number of nitrogens with zero attached hydrogens (tertiary/aromatic N) is 3. The SMILES string of the molecule is NCC1CCN(c2n[nH]c(C3CCCOC3)n2)CC1. The first-order valence-corrected chi connectivity index (χ1v) is 7.32. The van der Waals surface area contributed by atoms with E-state index >= 15 is 0 Å². The van der Waals surface area contributed by atoms with Crippen molar-refractivity contribution in [1.82, 2.24) is 15.2 Å². The third kappa shape index (κ3) is 2.90. The van der Waals surface area contributed by atoms with Gasteiger partial charge in [-0.05, 0) is 38.1 Å². The topological polar surface area (TPSA) is 80.1 Å². The summed E-state index contributed by atoms with van der Waals surface area (Å²) in [5.41, 5.74) is 5.72. The second-order valence-electron chi connectivity index (χ2n) is 5.60. The third-order valence-electron chi connectivity index (χ3n) is 4.27. The normalized spacial score (nSPS) is 25.7. The second kappa shape index (κ2) is 5.88. The van der Waals surface area contributed by atoms with Gasteiger partial charge in [0, 0.05) is 25.6 Å². The number of piperidine rings is 1. The molecule has 3 heterocycles. The largest absolute Gasteiger partial charge is 0.381 e. The molecule has 1 atom stereocenters. The molecule has 0 radical (unpaired) electrons. The molecule has 0 spiro atoms. The zero-order chi connectivity index (χ0) is 13.1. The van der Waals surface area contributed by atoms with E-state index in [9.17, 15) is 0 Å². The number of aromatic nitrogens is 3. The van der Waals surface area contributed by atoms with Gasteiger partial charge in [0.15, 0.2) is 0 Å². The van der Waals surface area contributed by atoms with Crippen LogP contribution in [0.25, 0.3) is 0 Å². The Morgan fingerprint density at radius 3 is 2.84 bits per heavy atom. The lowest BCUT2D eigenvalue weighted by Crippen LogP contribution is -2.36. The summed E-state index contributed by atoms with van der Waals surface area (Å²) in [6, 6.07) is 0. The number of ether oxygens (including phenoxy) is 1. The van der Waals surface area contributed by atoms with Crippen LogP contribution < -0.4 is 10.6 Å². The van der Waals surface area contributed by atoms with Crippen molar-refractivity contribution in [2.24, 2.45) is 11.7 Å². The minimum Gasteiger partial charge on any atom is -0.381 e. The highest BCUT2D eigenvalue weighted by Crippen LogP contribution is 2.25. The van der Waals surface area contributed by atoms with Gasteiger partial charge >= 0.3 is 0 Å². The number of nitrogens with two attached hydrogens (primary N) is 1. The number of nitrogens with one attached hydrogen (secondary N) is 1. The zero-order valence-electron chi connectivity index (χ0n) is 11.3. The van der Waals surface area contributed by atoms with E-state index in [4.69, 9.17) is 10.5 Å². The smallest absolute Gasteiger partial charge is 0.244 e. The highest BCUT2D eigenvalue weighted by atomic mass is 16.5. The monoisotopic (exact) mass is 265 g/mol. The van der Waals surface area contributed by atoms with Gasteiger partial charge in [0.2, 0.25) is 5.95 Å². The molecule has 3 rings (SSSR count). The Labute approximate surface area is 113 Å². The predicted octanol–water partition coefficient (Wildman–Crippen LogP) is 0.874. The fraction of sp³-hybridized carbons (Fsp3) is 0.846. The maximum Gasteiger partial charge on any atom is 0.244 e. The summed E-state index contributed by atoms with van der Waals surface area (Å²) < 4.78 is 5.50. The van der Waals surface area contributed by atoms with E-state index in [-0.39, 0.29) is 0 Å². The summed E-state index contributed by atoms with van der Waals surface area (Å²) in [6.45, 7) is 4.47. The molecule has 1 unspecified atom stereocenters. The minimum atomic E-state index is 0.386. The Morgan fingerprint density at radius 1 is 1.32 bits per heavy atom. The summed E-state index contributed by atoms with van der Waals surface area (Å²) in [7, 11) is 0. The fourth-order valence-electron chi connectivity index (χ4n) is 2.91. The van der Waals surface area contributed by atoms with Gasteiger partial charge in [-0.3, -0.25) is 5.10 Å². The zero-order valence-corrected chi connectivity index (χ0v) is 11.3. The van der Waals surface area contributed by atoms with Crippen LogP contribution in [0.15, 0.2) is 0 Å². The summed E-state index contributed by atoms with van der Waals surface area (Å²) in [5, 5.41) is 7.46. The van der Waals surface area contributed by atoms with Crippen molar-refractivity contribution in [3.05, 3.63) is 5.82 Å². The lowest BCUT2D eigenvalue weighted by Gasteiger charge is -2.30. The molecule has 0 aliphatic carbocycles. The molecular formula is C13H23N5O. The molecule has 2 aliphatic heterocycles. The highest BCUT2D eigenvalue weighted by molar-refractivity contribution is 5.30. The van der Waals surface area contributed by atoms with Crippen molar-refractivity contribution < 1.29 is 4.74 Å². The summed E-state index contributed by atoms with van der Waals surface area (Å²) in [6.07, 6.45) is 4.55. The average Bonchev–Trinajstić information content (AvgIpc) is 2.98. The van der Waals surface area contributed by atoms with Crippen LogP contribution in [0, 0.1) is 5.92 Å². The van der Waals surface area contributed by atoms with Crippen LogP contribution in [0.2, 0.25) is 0 Å². The van der Waals surface area contributed by atoms with Gasteiger partial charge < -0.3 is 15.4 Å². The molecule has 6 heteroatoms. The summed E-state index contributed by atoms with van der Waals surface area (Å²) >= 11 is 0. The van der Waals surface area contributed by atoms with Crippen LogP contribution >= 0.6 is 0 Å². The molecule has 2 aliphatic rings. The van der Waals surface area contributed by atoms with E-state index in [1.807, 2.05) is 0 Å². The first kappa shape index (κ1) is 12.9. The molecule has 0 bridgehead atoms. The number of hydrogen-bond acceptors (Lipinski definition) is 5. The molecule has 3 N–H and O–H groups in total. The molecule has 0 aromatic carbocycles. The molecule has 0 amide bonds. The van der Waals surface area contributed by atoms with Crippen molar-refractivity contribution in [3.8, 4) is 0 Å². The summed E-state index contributed by atoms with van der Waals surface area (Å²) in [4.78, 5) is 6.92. The van der Waals surface area contributed by atoms with Crippen LogP contribution in [0.4, 0.5) is 5.95 Å². The first-order valence-electron chi connectivity index (χ1n) is 7.32. The molecule has 0 saturated carbocycles. The van der Waals surface area contributed by atoms with Gasteiger partial charge in [-0.25, -0.2) is 0 Å². The van der Waals surface area contributed by atoms with Crippen molar-refractivity contribution in [2.75, 3.05) is 37.7 Å². The van der Waals surface area contributed by atoms with Crippen LogP contribution in [-0.4, -0.2) is 48.0 Å². The van der Waals surface area contributed by atoms with E-state index < -0.39 is 0 Å². The standard InChI is InChI=1S/C13H23N5O/c14-8-10-3-5-18(6-4-10)13-15-12(16-17-13)11-2-1-7-19-9-11/h10-11H,1-9,14H2,(H,15,16,17). The van der Waals surface area contributed by atoms with Gasteiger partial charge in [-0.15, -0.1) is 5.10 Å². The van der Waals surface area contributed by atoms with Crippen LogP contribution in [0.1, 0.15) is 37.4 Å². The third-order valence-corrected chi connectivity index (χ3v) is 4.27. The lowest BCUT2D eigenvalue weighted by molar-refractivity contribution is 0.0781. The molecule has 2 saturated heterocycles. The van der Waals surface area contributed by atoms with Crippen LogP contribution in [-0.2, 0) is 4.74 Å². The average molecular weight is 265 g/mol. The van der Waals surface area contributed by atoms with Gasteiger partial charge in [0.25, 0.3) is 0 Å². The van der Waals surface area contributed by atoms with E-state index in [0.717, 1.165) is 70.3 Å². The minimum absolute atomic E-state index is 0.386. The maximum atomic E-state index is 5.72. The van der Waals surface area contributed by atoms with Crippen LogP contribution in [0.3, 0.4) is 0 Å². The van der Waals surface area contributed by atoms with Crippen molar-refractivity contribution in [3.63, 3.8) is 0 Å². The Kier molecular flexibility index (Phi) is 3.98. The molecule has 19 heavy (non-hydrogen) atoms. The van der Waals surface area contributed by atoms with E-state index in [1.54, 1.807) is 0 Å². The van der Waals surface area contributed by atoms with Gasteiger partial charge in [-0.2, -0.15) is 4.98 Å². The van der Waals surface area contributed by atoms with Crippen molar-refractivity contribution >= 4 is 5.95 Å². The number of anilines is 1. The molecule has 1 aromatic rings. The predicted molar refractivity (Wildman–Crippen MR) is 73.2 cm³/mol. The molecule has 2 fully saturated rings. The lowest BCUT2D eigenvalue weighted by atomic mass is 9.97.